The van der Waals surface area contributed by atoms with Crippen molar-refractivity contribution in [2.75, 3.05) is 50.6 Å². The fourth-order valence-corrected chi connectivity index (χ4v) is 6.33. The Morgan fingerprint density at radius 2 is 2.00 bits per heavy atom. The molecular formula is C26H30BrN7O2. The maximum atomic E-state index is 12.2. The minimum atomic E-state index is -0.263. The van der Waals surface area contributed by atoms with E-state index in [1.807, 2.05) is 0 Å². The summed E-state index contributed by atoms with van der Waals surface area (Å²) < 4.78 is 6.59. The Hall–Kier alpha value is -3.11. The highest BCUT2D eigenvalue weighted by Gasteiger charge is 2.47. The second kappa shape index (κ2) is 9.08. The number of methoxy groups -OCH3 is 1. The number of likely N-dealkylation sites (N-methyl/N-ethyl adjacent to an activating group) is 1. The number of piperazine rings is 1. The molecule has 1 amide bonds. The number of H-pyrrole nitrogens is 1. The van der Waals surface area contributed by atoms with Crippen molar-refractivity contribution in [3.05, 3.63) is 41.0 Å². The predicted octanol–water partition coefficient (Wildman–Crippen LogP) is 3.24. The molecule has 3 heterocycles. The minimum Gasteiger partial charge on any atom is -0.496 e. The van der Waals surface area contributed by atoms with Gasteiger partial charge in [-0.25, -0.2) is 9.97 Å². The number of fused-ring (bicyclic) bond motifs is 3. The number of halogens is 1. The Morgan fingerprint density at radius 3 is 2.75 bits per heavy atom. The number of aromatic amines is 1. The van der Waals surface area contributed by atoms with Crippen molar-refractivity contribution < 1.29 is 9.53 Å². The van der Waals surface area contributed by atoms with Crippen molar-refractivity contribution in [1.29, 1.82) is 0 Å². The summed E-state index contributed by atoms with van der Waals surface area (Å²) in [5, 5.41) is 3.61. The zero-order valence-electron chi connectivity index (χ0n) is 20.4. The lowest BCUT2D eigenvalue weighted by Gasteiger charge is -2.34. The molecule has 2 aromatic heterocycles. The topological polar surface area (TPSA) is 112 Å². The number of primary amides is 1. The normalized spacial score (nSPS) is 25.6. The first-order valence-electron chi connectivity index (χ1n) is 12.3. The van der Waals surface area contributed by atoms with Gasteiger partial charge in [-0.2, -0.15) is 0 Å². The van der Waals surface area contributed by atoms with E-state index < -0.39 is 0 Å². The van der Waals surface area contributed by atoms with Gasteiger partial charge in [0.05, 0.1) is 28.8 Å². The van der Waals surface area contributed by atoms with Crippen molar-refractivity contribution in [2.24, 2.45) is 23.5 Å². The van der Waals surface area contributed by atoms with Crippen LogP contribution in [0, 0.1) is 17.8 Å². The number of carbonyl (C=O) groups is 1. The van der Waals surface area contributed by atoms with Crippen LogP contribution in [0.5, 0.6) is 5.75 Å². The molecule has 36 heavy (non-hydrogen) atoms. The fraction of sp³-hybridized carbons (Fsp3) is 0.423. The van der Waals surface area contributed by atoms with E-state index in [2.05, 4.69) is 78.4 Å². The highest BCUT2D eigenvalue weighted by molar-refractivity contribution is 9.10. The summed E-state index contributed by atoms with van der Waals surface area (Å²) in [4.78, 5) is 29.7. The molecule has 2 aliphatic carbocycles. The highest BCUT2D eigenvalue weighted by Crippen LogP contribution is 2.46. The largest absolute Gasteiger partial charge is 0.496 e. The van der Waals surface area contributed by atoms with E-state index in [-0.39, 0.29) is 29.7 Å². The first-order valence-corrected chi connectivity index (χ1v) is 13.1. The first-order chi connectivity index (χ1) is 17.4. The van der Waals surface area contributed by atoms with Gasteiger partial charge in [0.15, 0.2) is 5.65 Å². The minimum absolute atomic E-state index is 0.0662. The van der Waals surface area contributed by atoms with Crippen molar-refractivity contribution in [3.8, 4) is 17.1 Å². The number of aromatic nitrogens is 3. The van der Waals surface area contributed by atoms with Crippen molar-refractivity contribution in [3.63, 3.8) is 0 Å². The average molecular weight is 552 g/mol. The molecule has 4 atom stereocenters. The van der Waals surface area contributed by atoms with Crippen LogP contribution in [0.25, 0.3) is 22.6 Å². The van der Waals surface area contributed by atoms with Crippen LogP contribution in [0.1, 0.15) is 6.42 Å². The lowest BCUT2D eigenvalue weighted by atomic mass is 9.88. The zero-order chi connectivity index (χ0) is 25.0. The smallest absolute Gasteiger partial charge is 0.223 e. The molecule has 1 aromatic carbocycles. The molecule has 6 rings (SSSR count). The van der Waals surface area contributed by atoms with Crippen LogP contribution < -0.4 is 20.7 Å². The number of anilines is 2. The standard InChI is InChI=1S/C26H30BrN7O2/c1-33-7-9-34(10-8-33)16-5-6-17(19(12-16)36-2)25-31-23-22(18(27)13-29-26(23)32-25)30-21-15-4-3-14(11-15)20(21)24(28)35/h3-6,12-15,20-21H,7-11H2,1-2H3,(H2,28,35)(H2,29,30,31,32). The van der Waals surface area contributed by atoms with Gasteiger partial charge in [-0.1, -0.05) is 12.2 Å². The Bertz CT molecular complexity index is 1350. The van der Waals surface area contributed by atoms with E-state index in [4.69, 9.17) is 15.5 Å². The Labute approximate surface area is 218 Å². The molecule has 1 saturated heterocycles. The Balaban J connectivity index is 1.34. The van der Waals surface area contributed by atoms with Crippen LogP contribution in [-0.2, 0) is 4.79 Å². The van der Waals surface area contributed by atoms with E-state index in [1.54, 1.807) is 13.3 Å². The third kappa shape index (κ3) is 3.92. The van der Waals surface area contributed by atoms with Gasteiger partial charge in [-0.15, -0.1) is 0 Å². The molecule has 1 aliphatic heterocycles. The van der Waals surface area contributed by atoms with E-state index in [9.17, 15) is 4.79 Å². The van der Waals surface area contributed by atoms with Crippen molar-refractivity contribution in [1.82, 2.24) is 19.9 Å². The number of benzene rings is 1. The van der Waals surface area contributed by atoms with Crippen LogP contribution in [0.2, 0.25) is 0 Å². The van der Waals surface area contributed by atoms with Crippen molar-refractivity contribution in [2.45, 2.75) is 12.5 Å². The summed E-state index contributed by atoms with van der Waals surface area (Å²) in [6.45, 7) is 4.06. The zero-order valence-corrected chi connectivity index (χ0v) is 22.0. The maximum Gasteiger partial charge on any atom is 0.223 e. The molecule has 2 bridgehead atoms. The number of imidazole rings is 1. The number of nitrogens with one attached hydrogen (secondary N) is 2. The first kappa shape index (κ1) is 23.3. The molecule has 10 heteroatoms. The number of amides is 1. The monoisotopic (exact) mass is 551 g/mol. The van der Waals surface area contributed by atoms with Gasteiger partial charge in [0.25, 0.3) is 0 Å². The molecule has 1 saturated carbocycles. The molecule has 4 N–H and O–H groups in total. The summed E-state index contributed by atoms with van der Waals surface area (Å²) in [5.74, 6) is 1.40. The van der Waals surface area contributed by atoms with Crippen LogP contribution >= 0.6 is 15.9 Å². The van der Waals surface area contributed by atoms with Crippen LogP contribution in [0.15, 0.2) is 41.0 Å². The Morgan fingerprint density at radius 1 is 1.22 bits per heavy atom. The summed E-state index contributed by atoms with van der Waals surface area (Å²) in [7, 11) is 3.84. The van der Waals surface area contributed by atoms with Crippen LogP contribution in [-0.4, -0.2) is 72.1 Å². The highest BCUT2D eigenvalue weighted by atomic mass is 79.9. The van der Waals surface area contributed by atoms with Gasteiger partial charge >= 0.3 is 0 Å². The molecule has 9 nitrogen and oxygen atoms in total. The van der Waals surface area contributed by atoms with Gasteiger partial charge in [-0.05, 0) is 53.4 Å². The fourth-order valence-electron chi connectivity index (χ4n) is 5.91. The summed E-state index contributed by atoms with van der Waals surface area (Å²) in [6, 6.07) is 6.19. The molecule has 3 aliphatic rings. The molecule has 188 valence electrons. The molecule has 4 unspecified atom stereocenters. The number of pyridine rings is 1. The second-order valence-corrected chi connectivity index (χ2v) is 10.8. The van der Waals surface area contributed by atoms with E-state index in [0.717, 1.165) is 65.3 Å². The van der Waals surface area contributed by atoms with Crippen LogP contribution in [0.4, 0.5) is 11.4 Å². The summed E-state index contributed by atoms with van der Waals surface area (Å²) in [6.07, 6.45) is 7.01. The van der Waals surface area contributed by atoms with E-state index in [1.165, 1.54) is 0 Å². The van der Waals surface area contributed by atoms with Crippen molar-refractivity contribution >= 4 is 44.4 Å². The van der Waals surface area contributed by atoms with Gasteiger partial charge in [0, 0.05) is 50.2 Å². The second-order valence-electron chi connectivity index (χ2n) is 9.99. The predicted molar refractivity (Wildman–Crippen MR) is 144 cm³/mol. The molecule has 0 spiro atoms. The third-order valence-corrected chi connectivity index (χ3v) is 8.48. The maximum absolute atomic E-state index is 12.2. The molecule has 0 radical (unpaired) electrons. The number of hydrogen-bond donors (Lipinski definition) is 3. The number of rotatable bonds is 6. The van der Waals surface area contributed by atoms with Gasteiger partial charge in [0.1, 0.15) is 17.1 Å². The number of nitrogens with zero attached hydrogens (tertiary/aromatic N) is 4. The molecule has 3 aromatic rings. The average Bonchev–Trinajstić information content (AvgIpc) is 3.60. The SMILES string of the molecule is COc1cc(N2CCN(C)CC2)ccc1-c1nc2ncc(Br)c(NC3C4C=CC(C4)C3C(N)=O)c2[nH]1. The number of carbonyl (C=O) groups excluding carboxylic acids is 1. The quantitative estimate of drug-likeness (QED) is 0.403. The van der Waals surface area contributed by atoms with Gasteiger partial charge in [-0.3, -0.25) is 4.79 Å². The molecule has 2 fully saturated rings. The summed E-state index contributed by atoms with van der Waals surface area (Å²) >= 11 is 3.65. The molecular weight excluding hydrogens is 522 g/mol. The number of hydrogen-bond acceptors (Lipinski definition) is 7. The summed E-state index contributed by atoms with van der Waals surface area (Å²) in [5.41, 5.74) is 10.0. The van der Waals surface area contributed by atoms with E-state index >= 15 is 0 Å². The lowest BCUT2D eigenvalue weighted by molar-refractivity contribution is -0.122. The third-order valence-electron chi connectivity index (χ3n) is 7.88. The number of ether oxygens (including phenoxy) is 1. The Kier molecular flexibility index (Phi) is 5.88. The van der Waals surface area contributed by atoms with Crippen LogP contribution in [0.3, 0.4) is 0 Å². The number of nitrogens with two attached hydrogens (primary N) is 1. The lowest BCUT2D eigenvalue weighted by Crippen LogP contribution is -2.44. The number of allylic oxidation sites excluding steroid dienone is 1. The van der Waals surface area contributed by atoms with Gasteiger partial charge in [0.2, 0.25) is 5.91 Å². The van der Waals surface area contributed by atoms with E-state index in [0.29, 0.717) is 11.5 Å². The van der Waals surface area contributed by atoms with Gasteiger partial charge < -0.3 is 30.6 Å².